The van der Waals surface area contributed by atoms with Crippen molar-refractivity contribution in [1.29, 1.82) is 0 Å². The van der Waals surface area contributed by atoms with Crippen molar-refractivity contribution in [3.8, 4) is 0 Å². The summed E-state index contributed by atoms with van der Waals surface area (Å²) in [6.07, 6.45) is 14.8. The van der Waals surface area contributed by atoms with Gasteiger partial charge in [0.15, 0.2) is 0 Å². The van der Waals surface area contributed by atoms with Crippen LogP contribution in [0.25, 0.3) is 0 Å². The van der Waals surface area contributed by atoms with E-state index in [4.69, 9.17) is 4.74 Å². The number of ether oxygens (including phenoxy) is 1. The second kappa shape index (κ2) is 9.18. The number of rotatable bonds is 9. The van der Waals surface area contributed by atoms with E-state index in [9.17, 15) is 4.79 Å². The average Bonchev–Trinajstić information content (AvgIpc) is 2.70. The maximum Gasteiger partial charge on any atom is 0.306 e. The summed E-state index contributed by atoms with van der Waals surface area (Å²) in [4.78, 5) is 11.4. The molecule has 0 amide bonds. The molecule has 2 nitrogen and oxygen atoms in total. The predicted octanol–water partition coefficient (Wildman–Crippen LogP) is 4.63. The third kappa shape index (κ3) is 5.70. The molecule has 1 rings (SSSR count). The van der Waals surface area contributed by atoms with Crippen molar-refractivity contribution in [2.45, 2.75) is 77.7 Å². The highest BCUT2D eigenvalue weighted by Crippen LogP contribution is 2.27. The van der Waals surface area contributed by atoms with E-state index >= 15 is 0 Å². The van der Waals surface area contributed by atoms with Crippen LogP contribution in [-0.4, -0.2) is 12.1 Å². The van der Waals surface area contributed by atoms with E-state index in [2.05, 4.69) is 26.0 Å². The Morgan fingerprint density at radius 3 is 2.61 bits per heavy atom. The minimum atomic E-state index is -0.0142. The molecule has 0 radical (unpaired) electrons. The zero-order valence-electron chi connectivity index (χ0n) is 12.0. The van der Waals surface area contributed by atoms with E-state index in [0.717, 1.165) is 12.8 Å². The Bertz CT molecular complexity index is 258. The van der Waals surface area contributed by atoms with Gasteiger partial charge in [0.2, 0.25) is 0 Å². The molecule has 0 aromatic heterocycles. The monoisotopic (exact) mass is 252 g/mol. The molecule has 1 fully saturated rings. The smallest absolute Gasteiger partial charge is 0.306 e. The quantitative estimate of drug-likeness (QED) is 0.339. The second-order valence-electron chi connectivity index (χ2n) is 5.32. The number of carbonyl (C=O) groups excluding carboxylic acids is 1. The molecule has 0 aliphatic carbocycles. The van der Waals surface area contributed by atoms with Gasteiger partial charge in [-0.1, -0.05) is 51.7 Å². The highest BCUT2D eigenvalue weighted by atomic mass is 16.5. The van der Waals surface area contributed by atoms with E-state index in [1.807, 2.05) is 0 Å². The van der Waals surface area contributed by atoms with Crippen molar-refractivity contribution in [3.63, 3.8) is 0 Å². The van der Waals surface area contributed by atoms with Gasteiger partial charge in [-0.3, -0.25) is 4.79 Å². The number of unbranched alkanes of at least 4 members (excludes halogenated alkanes) is 5. The van der Waals surface area contributed by atoms with E-state index in [-0.39, 0.29) is 12.1 Å². The molecule has 0 saturated carbocycles. The topological polar surface area (TPSA) is 26.3 Å². The molecule has 1 heterocycles. The molecule has 0 bridgehead atoms. The first-order valence-electron chi connectivity index (χ1n) is 7.64. The van der Waals surface area contributed by atoms with Crippen molar-refractivity contribution in [3.05, 3.63) is 12.2 Å². The summed E-state index contributed by atoms with van der Waals surface area (Å²) in [6, 6.07) is 0. The standard InChI is InChI=1S/C16H28O2/c1-3-5-7-8-10-11-14-13-16(17)18-15(14)12-9-6-4-2/h10-11,14-15H,3-9,12-13H2,1-2H3/b11-10+/t14-,15-/m0/s1. The van der Waals surface area contributed by atoms with E-state index in [0.29, 0.717) is 12.3 Å². The first-order chi connectivity index (χ1) is 8.77. The molecule has 2 heteroatoms. The summed E-state index contributed by atoms with van der Waals surface area (Å²) >= 11 is 0. The zero-order chi connectivity index (χ0) is 13.2. The van der Waals surface area contributed by atoms with Crippen LogP contribution in [0.3, 0.4) is 0 Å². The molecule has 0 aromatic rings. The molecule has 0 unspecified atom stereocenters. The Hall–Kier alpha value is -0.790. The molecule has 0 spiro atoms. The number of esters is 1. The Morgan fingerprint density at radius 1 is 1.17 bits per heavy atom. The molecule has 1 aliphatic heterocycles. The maximum atomic E-state index is 11.4. The Kier molecular flexibility index (Phi) is 7.79. The molecule has 18 heavy (non-hydrogen) atoms. The minimum Gasteiger partial charge on any atom is -0.462 e. The number of allylic oxidation sites excluding steroid dienone is 1. The molecular weight excluding hydrogens is 224 g/mol. The van der Waals surface area contributed by atoms with Crippen LogP contribution in [0.5, 0.6) is 0 Å². The van der Waals surface area contributed by atoms with Crippen molar-refractivity contribution in [1.82, 2.24) is 0 Å². The van der Waals surface area contributed by atoms with Crippen LogP contribution < -0.4 is 0 Å². The van der Waals surface area contributed by atoms with Gasteiger partial charge in [-0.25, -0.2) is 0 Å². The fourth-order valence-electron chi connectivity index (χ4n) is 2.47. The Balaban J connectivity index is 2.29. The van der Waals surface area contributed by atoms with Gasteiger partial charge in [0.1, 0.15) is 6.10 Å². The molecule has 1 saturated heterocycles. The third-order valence-electron chi connectivity index (χ3n) is 3.61. The van der Waals surface area contributed by atoms with Crippen molar-refractivity contribution >= 4 is 5.97 Å². The van der Waals surface area contributed by atoms with Crippen LogP contribution in [0.1, 0.15) is 71.6 Å². The van der Waals surface area contributed by atoms with E-state index in [1.54, 1.807) is 0 Å². The first kappa shape index (κ1) is 15.3. The van der Waals surface area contributed by atoms with Gasteiger partial charge in [-0.15, -0.1) is 0 Å². The molecule has 1 aliphatic rings. The number of hydrogen-bond donors (Lipinski definition) is 0. The highest BCUT2D eigenvalue weighted by Gasteiger charge is 2.32. The summed E-state index contributed by atoms with van der Waals surface area (Å²) < 4.78 is 5.41. The molecule has 0 aromatic carbocycles. The van der Waals surface area contributed by atoms with Gasteiger partial charge in [-0.05, 0) is 25.7 Å². The predicted molar refractivity (Wildman–Crippen MR) is 75.4 cm³/mol. The normalized spacial score (nSPS) is 23.8. The lowest BCUT2D eigenvalue weighted by atomic mass is 9.96. The SMILES string of the molecule is CCCCC/C=C/[C@H]1CC(=O)O[C@H]1CCCCC. The first-order valence-corrected chi connectivity index (χ1v) is 7.64. The zero-order valence-corrected chi connectivity index (χ0v) is 12.0. The summed E-state index contributed by atoms with van der Waals surface area (Å²) in [5, 5.41) is 0. The van der Waals surface area contributed by atoms with Crippen LogP contribution in [0.4, 0.5) is 0 Å². The summed E-state index contributed by atoms with van der Waals surface area (Å²) in [5.41, 5.74) is 0. The van der Waals surface area contributed by atoms with Crippen molar-refractivity contribution < 1.29 is 9.53 Å². The van der Waals surface area contributed by atoms with Crippen LogP contribution in [0.2, 0.25) is 0 Å². The number of carbonyl (C=O) groups is 1. The van der Waals surface area contributed by atoms with Crippen molar-refractivity contribution in [2.75, 3.05) is 0 Å². The molecule has 0 N–H and O–H groups in total. The summed E-state index contributed by atoms with van der Waals surface area (Å²) in [6.45, 7) is 4.42. The lowest BCUT2D eigenvalue weighted by Crippen LogP contribution is -2.14. The van der Waals surface area contributed by atoms with Gasteiger partial charge in [0.05, 0.1) is 6.42 Å². The fraction of sp³-hybridized carbons (Fsp3) is 0.812. The average molecular weight is 252 g/mol. The van der Waals surface area contributed by atoms with Gasteiger partial charge in [-0.2, -0.15) is 0 Å². The lowest BCUT2D eigenvalue weighted by molar-refractivity contribution is -0.141. The highest BCUT2D eigenvalue weighted by molar-refractivity contribution is 5.72. The van der Waals surface area contributed by atoms with E-state index < -0.39 is 0 Å². The van der Waals surface area contributed by atoms with E-state index in [1.165, 1.54) is 38.5 Å². The fourth-order valence-corrected chi connectivity index (χ4v) is 2.47. The van der Waals surface area contributed by atoms with Crippen molar-refractivity contribution in [2.24, 2.45) is 5.92 Å². The van der Waals surface area contributed by atoms with Crippen LogP contribution in [0.15, 0.2) is 12.2 Å². The number of hydrogen-bond acceptors (Lipinski definition) is 2. The van der Waals surface area contributed by atoms with Crippen LogP contribution in [0, 0.1) is 5.92 Å². The van der Waals surface area contributed by atoms with Crippen LogP contribution >= 0.6 is 0 Å². The number of cyclic esters (lactones) is 1. The largest absolute Gasteiger partial charge is 0.462 e. The third-order valence-corrected chi connectivity index (χ3v) is 3.61. The second-order valence-corrected chi connectivity index (χ2v) is 5.32. The molecule has 104 valence electrons. The van der Waals surface area contributed by atoms with Crippen LogP contribution in [-0.2, 0) is 9.53 Å². The lowest BCUT2D eigenvalue weighted by Gasteiger charge is -2.14. The Labute approximate surface area is 112 Å². The molecular formula is C16H28O2. The molecule has 2 atom stereocenters. The van der Waals surface area contributed by atoms with Gasteiger partial charge in [0.25, 0.3) is 0 Å². The van der Waals surface area contributed by atoms with Gasteiger partial charge < -0.3 is 4.74 Å². The Morgan fingerprint density at radius 2 is 1.89 bits per heavy atom. The minimum absolute atomic E-state index is 0.0142. The summed E-state index contributed by atoms with van der Waals surface area (Å²) in [5.74, 6) is 0.315. The van der Waals surface area contributed by atoms with Gasteiger partial charge in [0, 0.05) is 5.92 Å². The summed E-state index contributed by atoms with van der Waals surface area (Å²) in [7, 11) is 0. The maximum absolute atomic E-state index is 11.4. The van der Waals surface area contributed by atoms with Gasteiger partial charge >= 0.3 is 5.97 Å².